The Kier molecular flexibility index (Phi) is 3.91. The first-order valence-electron chi connectivity index (χ1n) is 6.15. The largest absolute Gasteiger partial charge is 0.497 e. The number of halogens is 3. The normalized spacial score (nSPS) is 14.6. The fourth-order valence-corrected chi connectivity index (χ4v) is 2.10. The lowest BCUT2D eigenvalue weighted by Gasteiger charge is -2.27. The fraction of sp³-hybridized carbons (Fsp3) is 0.267. The maximum Gasteiger partial charge on any atom is 0.416 e. The Morgan fingerprint density at radius 2 is 1.67 bits per heavy atom. The molecule has 0 aliphatic rings. The average Bonchev–Trinajstić information content (AvgIpc) is 2.46. The van der Waals surface area contributed by atoms with Crippen LogP contribution in [0.2, 0.25) is 0 Å². The molecule has 0 radical (unpaired) electrons. The third-order valence-corrected chi connectivity index (χ3v) is 3.30. The van der Waals surface area contributed by atoms with Crippen LogP contribution in [0.1, 0.15) is 23.6 Å². The molecule has 0 spiro atoms. The number of methoxy groups -OCH3 is 1. The zero-order chi connectivity index (χ0) is 15.7. The number of hydrogen-bond donors (Lipinski definition) is 1. The minimum absolute atomic E-state index is 0.289. The van der Waals surface area contributed by atoms with Crippen LogP contribution in [0.25, 0.3) is 0 Å². The van der Waals surface area contributed by atoms with Crippen LogP contribution in [0.4, 0.5) is 13.2 Å². The zero-order valence-electron chi connectivity index (χ0n) is 11.5. The first-order valence-corrected chi connectivity index (χ1v) is 6.15. The van der Waals surface area contributed by atoms with Crippen LogP contribution in [-0.2, 0) is 11.8 Å². The molecule has 1 unspecified atom stereocenters. The summed E-state index contributed by atoms with van der Waals surface area (Å²) in [7, 11) is 1.48. The summed E-state index contributed by atoms with van der Waals surface area (Å²) in [5.41, 5.74) is -2.69. The van der Waals surface area contributed by atoms with E-state index in [1.807, 2.05) is 0 Å². The van der Waals surface area contributed by atoms with Crippen LogP contribution in [0, 0.1) is 0 Å². The molecule has 2 aromatic rings. The summed E-state index contributed by atoms with van der Waals surface area (Å²) in [6.45, 7) is 1.31. The summed E-state index contributed by atoms with van der Waals surface area (Å²) in [5.74, 6) is 0.553. The Morgan fingerprint density at radius 3 is 2.19 bits per heavy atom. The predicted molar refractivity (Wildman–Crippen MR) is 70.9 cm³/mol. The Balaban J connectivity index is 2.53. The average molecular weight is 297 g/mol. The van der Waals surface area contributed by atoms with E-state index in [0.717, 1.165) is 18.5 Å². The Morgan fingerprint density at radius 1 is 1.05 bits per heavy atom. The van der Waals surface area contributed by atoms with Gasteiger partial charge in [-0.25, -0.2) is 0 Å². The number of nitrogens with zero attached hydrogens (tertiary/aromatic N) is 1. The van der Waals surface area contributed by atoms with Crippen molar-refractivity contribution >= 4 is 0 Å². The second-order valence-electron chi connectivity index (χ2n) is 4.72. The number of aliphatic hydroxyl groups is 1. The summed E-state index contributed by atoms with van der Waals surface area (Å²) in [6, 6.07) is 7.05. The lowest BCUT2D eigenvalue weighted by molar-refractivity contribution is -0.140. The van der Waals surface area contributed by atoms with Crippen molar-refractivity contribution in [2.24, 2.45) is 0 Å². The van der Waals surface area contributed by atoms with Gasteiger partial charge in [0, 0.05) is 18.0 Å². The van der Waals surface area contributed by atoms with Gasteiger partial charge in [-0.1, -0.05) is 12.1 Å². The summed E-state index contributed by atoms with van der Waals surface area (Å²) in [4.78, 5) is 3.70. The van der Waals surface area contributed by atoms with E-state index in [-0.39, 0.29) is 5.56 Å². The molecule has 0 saturated carbocycles. The second kappa shape index (κ2) is 5.37. The molecule has 1 aromatic carbocycles. The topological polar surface area (TPSA) is 42.4 Å². The minimum atomic E-state index is -4.56. The van der Waals surface area contributed by atoms with Crippen molar-refractivity contribution in [2.75, 3.05) is 7.11 Å². The van der Waals surface area contributed by atoms with Gasteiger partial charge in [0.1, 0.15) is 11.4 Å². The van der Waals surface area contributed by atoms with Gasteiger partial charge in [-0.2, -0.15) is 13.2 Å². The Bertz CT molecular complexity index is 622. The molecule has 1 atom stereocenters. The number of hydrogen-bond acceptors (Lipinski definition) is 3. The molecule has 2 rings (SSSR count). The maximum atomic E-state index is 13.1. The van der Waals surface area contributed by atoms with E-state index < -0.39 is 17.3 Å². The number of rotatable bonds is 3. The van der Waals surface area contributed by atoms with Crippen LogP contribution >= 0.6 is 0 Å². The van der Waals surface area contributed by atoms with Gasteiger partial charge in [0.25, 0.3) is 0 Å². The molecule has 0 fully saturated rings. The quantitative estimate of drug-likeness (QED) is 0.944. The number of pyridine rings is 1. The summed E-state index contributed by atoms with van der Waals surface area (Å²) < 4.78 is 44.2. The van der Waals surface area contributed by atoms with Crippen molar-refractivity contribution in [2.45, 2.75) is 18.7 Å². The molecule has 0 bridgehead atoms. The molecule has 6 heteroatoms. The van der Waals surface area contributed by atoms with Gasteiger partial charge in [0.15, 0.2) is 0 Å². The highest BCUT2D eigenvalue weighted by Crippen LogP contribution is 2.39. The molecule has 0 aliphatic heterocycles. The van der Waals surface area contributed by atoms with E-state index in [1.165, 1.54) is 26.2 Å². The van der Waals surface area contributed by atoms with E-state index in [4.69, 9.17) is 4.74 Å². The number of alkyl halides is 3. The molecular formula is C15H14F3NO2. The summed E-state index contributed by atoms with van der Waals surface area (Å²) in [6.07, 6.45) is -2.47. The Labute approximate surface area is 120 Å². The van der Waals surface area contributed by atoms with Crippen molar-refractivity contribution in [1.29, 1.82) is 0 Å². The third kappa shape index (κ3) is 3.00. The maximum absolute atomic E-state index is 13.1. The van der Waals surface area contributed by atoms with Crippen LogP contribution in [-0.4, -0.2) is 17.2 Å². The summed E-state index contributed by atoms with van der Waals surface area (Å²) in [5, 5.41) is 10.6. The number of aromatic nitrogens is 1. The van der Waals surface area contributed by atoms with Gasteiger partial charge in [-0.05, 0) is 30.7 Å². The molecule has 1 aromatic heterocycles. The van der Waals surface area contributed by atoms with Crippen LogP contribution in [0.3, 0.4) is 0 Å². The van der Waals surface area contributed by atoms with Gasteiger partial charge >= 0.3 is 6.18 Å². The molecule has 21 heavy (non-hydrogen) atoms. The Hall–Kier alpha value is -2.08. The number of ether oxygens (including phenoxy) is 1. The smallest absolute Gasteiger partial charge is 0.416 e. The van der Waals surface area contributed by atoms with Crippen LogP contribution in [0.5, 0.6) is 5.75 Å². The van der Waals surface area contributed by atoms with Crippen molar-refractivity contribution < 1.29 is 23.0 Å². The zero-order valence-corrected chi connectivity index (χ0v) is 11.5. The fourth-order valence-electron chi connectivity index (χ4n) is 2.10. The molecule has 3 nitrogen and oxygen atoms in total. The third-order valence-electron chi connectivity index (χ3n) is 3.30. The van der Waals surface area contributed by atoms with Crippen LogP contribution < -0.4 is 4.74 Å². The van der Waals surface area contributed by atoms with E-state index >= 15 is 0 Å². The van der Waals surface area contributed by atoms with Crippen molar-refractivity contribution in [3.8, 4) is 5.75 Å². The first kappa shape index (κ1) is 15.3. The van der Waals surface area contributed by atoms with Gasteiger partial charge in [-0.3, -0.25) is 4.98 Å². The number of benzene rings is 1. The molecule has 1 N–H and O–H groups in total. The first-order chi connectivity index (χ1) is 9.76. The SMILES string of the molecule is COc1ccc(C(C)(O)c2cnccc2C(F)(F)F)cc1. The van der Waals surface area contributed by atoms with E-state index in [1.54, 1.807) is 12.1 Å². The minimum Gasteiger partial charge on any atom is -0.497 e. The van der Waals surface area contributed by atoms with Crippen molar-refractivity contribution in [3.63, 3.8) is 0 Å². The molecule has 0 aliphatic carbocycles. The van der Waals surface area contributed by atoms with Crippen molar-refractivity contribution in [3.05, 3.63) is 59.4 Å². The van der Waals surface area contributed by atoms with Gasteiger partial charge in [0.2, 0.25) is 0 Å². The molecular weight excluding hydrogens is 283 g/mol. The molecule has 1 heterocycles. The standard InChI is InChI=1S/C15H14F3NO2/c1-14(20,10-3-5-11(21-2)6-4-10)13-9-19-8-7-12(13)15(16,17)18/h3-9,20H,1-2H3. The molecule has 0 saturated heterocycles. The molecule has 0 amide bonds. The predicted octanol–water partition coefficient (Wildman–Crippen LogP) is 3.36. The summed E-state index contributed by atoms with van der Waals surface area (Å²) >= 11 is 0. The highest BCUT2D eigenvalue weighted by Gasteiger charge is 2.39. The van der Waals surface area contributed by atoms with Crippen LogP contribution in [0.15, 0.2) is 42.7 Å². The van der Waals surface area contributed by atoms with E-state index in [9.17, 15) is 18.3 Å². The lowest BCUT2D eigenvalue weighted by Crippen LogP contribution is -2.27. The van der Waals surface area contributed by atoms with Gasteiger partial charge in [-0.15, -0.1) is 0 Å². The van der Waals surface area contributed by atoms with Crippen molar-refractivity contribution in [1.82, 2.24) is 4.98 Å². The van der Waals surface area contributed by atoms with Gasteiger partial charge < -0.3 is 9.84 Å². The highest BCUT2D eigenvalue weighted by molar-refractivity contribution is 5.41. The van der Waals surface area contributed by atoms with E-state index in [0.29, 0.717) is 11.3 Å². The highest BCUT2D eigenvalue weighted by atomic mass is 19.4. The van der Waals surface area contributed by atoms with E-state index in [2.05, 4.69) is 4.98 Å². The molecule has 112 valence electrons. The lowest BCUT2D eigenvalue weighted by atomic mass is 9.86. The monoisotopic (exact) mass is 297 g/mol. The second-order valence-corrected chi connectivity index (χ2v) is 4.72. The van der Waals surface area contributed by atoms with Gasteiger partial charge in [0.05, 0.1) is 12.7 Å².